The molecule has 0 aliphatic carbocycles. The normalized spacial score (nSPS) is 10.9. The Morgan fingerprint density at radius 2 is 0.742 bits per heavy atom. The van der Waals surface area contributed by atoms with Crippen LogP contribution in [0.5, 0.6) is 0 Å². The Labute approximate surface area is 257 Å². The predicted octanol–water partition coefficient (Wildman–Crippen LogP) is 6.69. The molecule has 0 aromatic rings. The van der Waals surface area contributed by atoms with E-state index in [0.29, 0.717) is 12.8 Å². The Morgan fingerprint density at radius 1 is 0.516 bits per heavy atom. The van der Waals surface area contributed by atoms with E-state index in [-0.39, 0.29) is 93.8 Å². The summed E-state index contributed by atoms with van der Waals surface area (Å²) in [6.07, 6.45) is 21.1. The minimum absolute atomic E-state index is 0. The van der Waals surface area contributed by atoms with E-state index in [1.54, 1.807) is 0 Å². The molecule has 0 saturated carbocycles. The number of rotatable bonds is 22. The van der Waals surface area contributed by atoms with Gasteiger partial charge in [0.2, 0.25) is 0 Å². The summed E-state index contributed by atoms with van der Waals surface area (Å²) in [6, 6.07) is 0. The van der Waals surface area contributed by atoms with E-state index < -0.39 is 17.4 Å². The Morgan fingerprint density at radius 3 is 0.968 bits per heavy atom. The molecule has 176 valence electrons. The number of hydrogen-bond donors (Lipinski definition) is 2. The SMILES string of the molecule is CCCCCCCCCCCCC(CCCCCCCCCC)(C(=O)O)C(=O)O.[KH].[NaH]. The van der Waals surface area contributed by atoms with Crippen molar-refractivity contribution in [3.05, 3.63) is 0 Å². The number of unbranched alkanes of at least 4 members (excludes halogenated alkanes) is 16. The van der Waals surface area contributed by atoms with Gasteiger partial charge >= 0.3 is 92.9 Å². The van der Waals surface area contributed by atoms with Crippen molar-refractivity contribution in [3.63, 3.8) is 0 Å². The first-order valence-electron chi connectivity index (χ1n) is 12.5. The van der Waals surface area contributed by atoms with Gasteiger partial charge in [-0.3, -0.25) is 9.59 Å². The molecule has 0 heterocycles. The van der Waals surface area contributed by atoms with Gasteiger partial charge in [0.1, 0.15) is 0 Å². The second-order valence-corrected chi connectivity index (χ2v) is 8.85. The fraction of sp³-hybridized carbons (Fsp3) is 0.920. The molecular weight excluding hydrogens is 426 g/mol. The summed E-state index contributed by atoms with van der Waals surface area (Å²) in [5.74, 6) is -2.30. The first kappa shape index (κ1) is 37.1. The molecule has 0 rings (SSSR count). The summed E-state index contributed by atoms with van der Waals surface area (Å²) >= 11 is 0. The molecule has 0 unspecified atom stereocenters. The molecule has 6 heteroatoms. The summed E-state index contributed by atoms with van der Waals surface area (Å²) < 4.78 is 0. The number of carboxylic acids is 2. The zero-order valence-corrected chi connectivity index (χ0v) is 19.4. The molecule has 0 aliphatic rings. The first-order valence-corrected chi connectivity index (χ1v) is 12.5. The first-order chi connectivity index (χ1) is 14.0. The van der Waals surface area contributed by atoms with Crippen LogP contribution in [-0.4, -0.2) is 103 Å². The van der Waals surface area contributed by atoms with Crippen LogP contribution in [0.3, 0.4) is 0 Å². The Kier molecular flexibility index (Phi) is 31.4. The summed E-state index contributed by atoms with van der Waals surface area (Å²) in [6.45, 7) is 4.43. The maximum atomic E-state index is 11.8. The van der Waals surface area contributed by atoms with Gasteiger partial charge in [-0.2, -0.15) is 0 Å². The quantitative estimate of drug-likeness (QED) is 0.104. The minimum atomic E-state index is -1.58. The van der Waals surface area contributed by atoms with Crippen molar-refractivity contribution in [1.82, 2.24) is 0 Å². The zero-order chi connectivity index (χ0) is 21.8. The van der Waals surface area contributed by atoms with Crippen LogP contribution < -0.4 is 0 Å². The maximum absolute atomic E-state index is 11.8. The molecule has 0 radical (unpaired) electrons. The zero-order valence-electron chi connectivity index (χ0n) is 19.4. The third-order valence-electron chi connectivity index (χ3n) is 6.23. The molecule has 0 aromatic heterocycles. The van der Waals surface area contributed by atoms with Gasteiger partial charge in [0, 0.05) is 0 Å². The molecule has 0 aliphatic heterocycles. The Bertz CT molecular complexity index is 404. The van der Waals surface area contributed by atoms with Crippen LogP contribution in [0.15, 0.2) is 0 Å². The van der Waals surface area contributed by atoms with E-state index in [4.69, 9.17) is 0 Å². The van der Waals surface area contributed by atoms with Crippen molar-refractivity contribution in [1.29, 1.82) is 0 Å². The molecule has 4 nitrogen and oxygen atoms in total. The predicted molar refractivity (Wildman–Crippen MR) is 136 cm³/mol. The topological polar surface area (TPSA) is 74.6 Å². The molecule has 0 fully saturated rings. The molecule has 0 spiro atoms. The average molecular weight is 477 g/mol. The van der Waals surface area contributed by atoms with Crippen molar-refractivity contribution in [2.45, 2.75) is 142 Å². The van der Waals surface area contributed by atoms with Gasteiger partial charge in [0.05, 0.1) is 0 Å². The van der Waals surface area contributed by atoms with Gasteiger partial charge in [-0.1, -0.05) is 129 Å². The van der Waals surface area contributed by atoms with Crippen molar-refractivity contribution < 1.29 is 19.8 Å². The van der Waals surface area contributed by atoms with Crippen LogP contribution in [0, 0.1) is 5.41 Å². The monoisotopic (exact) mass is 476 g/mol. The Balaban J connectivity index is -0.00000392. The van der Waals surface area contributed by atoms with Gasteiger partial charge < -0.3 is 10.2 Å². The van der Waals surface area contributed by atoms with E-state index in [1.807, 2.05) is 0 Å². The molecule has 2 N–H and O–H groups in total. The van der Waals surface area contributed by atoms with Crippen LogP contribution in [0.25, 0.3) is 0 Å². The summed E-state index contributed by atoms with van der Waals surface area (Å²) in [4.78, 5) is 23.6. The van der Waals surface area contributed by atoms with Crippen LogP contribution in [-0.2, 0) is 9.59 Å². The summed E-state index contributed by atoms with van der Waals surface area (Å²) in [5.41, 5.74) is -1.58. The van der Waals surface area contributed by atoms with E-state index in [2.05, 4.69) is 13.8 Å². The van der Waals surface area contributed by atoms with Gasteiger partial charge in [-0.25, -0.2) is 0 Å². The molecule has 0 bridgehead atoms. The molecule has 0 atom stereocenters. The number of carbonyl (C=O) groups is 2. The molecular formula is C25H50KNaO4. The number of hydrogen-bond acceptors (Lipinski definition) is 2. The second-order valence-electron chi connectivity index (χ2n) is 8.85. The van der Waals surface area contributed by atoms with E-state index >= 15 is 0 Å². The average Bonchev–Trinajstić information content (AvgIpc) is 2.69. The number of aliphatic carboxylic acids is 2. The van der Waals surface area contributed by atoms with E-state index in [1.165, 1.54) is 77.0 Å². The third kappa shape index (κ3) is 19.6. The fourth-order valence-electron chi connectivity index (χ4n) is 4.12. The summed E-state index contributed by atoms with van der Waals surface area (Å²) in [5, 5.41) is 19.3. The Hall–Kier alpha value is 1.58. The van der Waals surface area contributed by atoms with Gasteiger partial charge in [-0.05, 0) is 12.8 Å². The van der Waals surface area contributed by atoms with Crippen molar-refractivity contribution in [2.24, 2.45) is 5.41 Å². The van der Waals surface area contributed by atoms with E-state index in [0.717, 1.165) is 25.7 Å². The van der Waals surface area contributed by atoms with Crippen molar-refractivity contribution >= 4 is 92.9 Å². The van der Waals surface area contributed by atoms with Crippen LogP contribution in [0.2, 0.25) is 0 Å². The van der Waals surface area contributed by atoms with Gasteiger partial charge in [0.25, 0.3) is 0 Å². The van der Waals surface area contributed by atoms with Crippen LogP contribution in [0.4, 0.5) is 0 Å². The van der Waals surface area contributed by atoms with Crippen LogP contribution in [0.1, 0.15) is 142 Å². The van der Waals surface area contributed by atoms with Gasteiger partial charge in [-0.15, -0.1) is 0 Å². The van der Waals surface area contributed by atoms with E-state index in [9.17, 15) is 19.8 Å². The standard InChI is InChI=1S/C25H48O4.K.Na.2H/c1-3-5-7-9-11-13-14-16-18-20-22-25(23(26)27,24(28)29)21-19-17-15-12-10-8-6-4-2;;;;/h3-22H2,1-2H3,(H,26,27)(H,28,29);;;;. The van der Waals surface area contributed by atoms with Crippen molar-refractivity contribution in [3.8, 4) is 0 Å². The number of carboxylic acid groups (broad SMARTS) is 2. The summed E-state index contributed by atoms with van der Waals surface area (Å²) in [7, 11) is 0. The second kappa shape index (κ2) is 26.2. The van der Waals surface area contributed by atoms with Gasteiger partial charge in [0.15, 0.2) is 5.41 Å². The fourth-order valence-corrected chi connectivity index (χ4v) is 4.12. The molecule has 0 saturated heterocycles. The molecule has 0 amide bonds. The molecule has 0 aromatic carbocycles. The van der Waals surface area contributed by atoms with Crippen molar-refractivity contribution in [2.75, 3.05) is 0 Å². The van der Waals surface area contributed by atoms with Crippen LogP contribution >= 0.6 is 0 Å². The molecule has 31 heavy (non-hydrogen) atoms. The third-order valence-corrected chi connectivity index (χ3v) is 6.23.